The molecule has 0 amide bonds. The maximum Gasteiger partial charge on any atom is 0.129 e. The van der Waals surface area contributed by atoms with Gasteiger partial charge < -0.3 is 0 Å². The monoisotopic (exact) mass is 226 g/mol. The summed E-state index contributed by atoms with van der Waals surface area (Å²) in [6.45, 7) is 14.0. The Hall–Kier alpha value is -0.00623. The quantitative estimate of drug-likeness (QED) is 0.493. The van der Waals surface area contributed by atoms with Crippen LogP contribution in [0, 0.1) is 11.5 Å². The van der Waals surface area contributed by atoms with Crippen molar-refractivity contribution in [3.8, 4) is 11.5 Å². The highest BCUT2D eigenvalue weighted by Gasteiger charge is 2.25. The van der Waals surface area contributed by atoms with Crippen molar-refractivity contribution in [1.29, 1.82) is 0 Å². The highest BCUT2D eigenvalue weighted by molar-refractivity contribution is 6.84. The zero-order valence-electron chi connectivity index (χ0n) is 10.8. The number of hydrogen-bond acceptors (Lipinski definition) is 0. The topological polar surface area (TPSA) is 0 Å². The Morgan fingerprint density at radius 3 is 1.57 bits per heavy atom. The normalized spacial score (nSPS) is 12.1. The maximum absolute atomic E-state index is 3.50. The van der Waals surface area contributed by atoms with E-state index in [4.69, 9.17) is 0 Å². The molecule has 2 heteroatoms. The van der Waals surface area contributed by atoms with E-state index in [0.717, 1.165) is 0 Å². The van der Waals surface area contributed by atoms with Gasteiger partial charge in [0.15, 0.2) is 0 Å². The summed E-state index contributed by atoms with van der Waals surface area (Å²) >= 11 is 0. The molecule has 0 N–H and O–H groups in total. The van der Waals surface area contributed by atoms with Gasteiger partial charge in [-0.25, -0.2) is 0 Å². The van der Waals surface area contributed by atoms with Crippen molar-refractivity contribution in [2.45, 2.75) is 64.6 Å². The Bertz CT molecular complexity index is 202. The minimum atomic E-state index is -1.13. The summed E-state index contributed by atoms with van der Waals surface area (Å²) in [4.78, 5) is 0. The lowest BCUT2D eigenvalue weighted by Gasteiger charge is -2.25. The van der Waals surface area contributed by atoms with Gasteiger partial charge in [-0.3, -0.25) is 0 Å². The van der Waals surface area contributed by atoms with Crippen molar-refractivity contribution in [3.63, 3.8) is 0 Å². The Morgan fingerprint density at radius 2 is 1.29 bits per heavy atom. The molecule has 0 bridgehead atoms. The van der Waals surface area contributed by atoms with Crippen molar-refractivity contribution in [1.82, 2.24) is 0 Å². The van der Waals surface area contributed by atoms with Gasteiger partial charge in [-0.05, 0) is 0 Å². The molecular weight excluding hydrogens is 200 g/mol. The molecular formula is C12H26Si2. The van der Waals surface area contributed by atoms with E-state index >= 15 is 0 Å². The molecule has 0 aromatic carbocycles. The molecule has 0 fully saturated rings. The van der Waals surface area contributed by atoms with Crippen LogP contribution in [0.15, 0.2) is 0 Å². The van der Waals surface area contributed by atoms with Crippen molar-refractivity contribution < 1.29 is 0 Å². The summed E-state index contributed by atoms with van der Waals surface area (Å²) in [5.74, 6) is 3.49. The fourth-order valence-corrected chi connectivity index (χ4v) is 5.13. The first kappa shape index (κ1) is 14.0. The Balaban J connectivity index is 4.38. The SMILES string of the molecule is CC[Si](CC)(CC)CC#C[Si](C)(C)C. The molecule has 0 atom stereocenters. The summed E-state index contributed by atoms with van der Waals surface area (Å²) in [7, 11) is -2.10. The maximum atomic E-state index is 3.50. The van der Waals surface area contributed by atoms with E-state index in [2.05, 4.69) is 51.9 Å². The van der Waals surface area contributed by atoms with E-state index < -0.39 is 16.1 Å². The van der Waals surface area contributed by atoms with Crippen LogP contribution in [0.2, 0.25) is 43.8 Å². The zero-order chi connectivity index (χ0) is 11.2. The predicted molar refractivity (Wildman–Crippen MR) is 73.1 cm³/mol. The summed E-state index contributed by atoms with van der Waals surface area (Å²) < 4.78 is 0. The van der Waals surface area contributed by atoms with Crippen LogP contribution in [0.25, 0.3) is 0 Å². The van der Waals surface area contributed by atoms with Crippen LogP contribution >= 0.6 is 0 Å². The lowest BCUT2D eigenvalue weighted by Crippen LogP contribution is -2.30. The van der Waals surface area contributed by atoms with Crippen LogP contribution in [0.3, 0.4) is 0 Å². The average molecular weight is 227 g/mol. The molecule has 0 aliphatic heterocycles. The van der Waals surface area contributed by atoms with E-state index in [9.17, 15) is 0 Å². The molecule has 0 aliphatic rings. The average Bonchev–Trinajstić information content (AvgIpc) is 2.11. The largest absolute Gasteiger partial charge is 0.132 e. The standard InChI is InChI=1S/C12H26Si2/c1-7-14(8-2,9-3)12-10-11-13(4,5)6/h7-9,12H2,1-6H3. The molecule has 82 valence electrons. The number of rotatable bonds is 4. The molecule has 0 nitrogen and oxygen atoms in total. The third kappa shape index (κ3) is 5.02. The van der Waals surface area contributed by atoms with Gasteiger partial charge in [0.1, 0.15) is 8.07 Å². The molecule has 0 unspecified atom stereocenters. The molecule has 0 aromatic rings. The van der Waals surface area contributed by atoms with Crippen molar-refractivity contribution >= 4 is 16.1 Å². The smallest absolute Gasteiger partial charge is 0.129 e. The molecule has 0 spiro atoms. The third-order valence-corrected chi connectivity index (χ3v) is 9.53. The van der Waals surface area contributed by atoms with Gasteiger partial charge in [-0.1, -0.05) is 58.5 Å². The van der Waals surface area contributed by atoms with E-state index in [1.165, 1.54) is 24.2 Å². The fourth-order valence-electron chi connectivity index (χ4n) is 1.62. The highest BCUT2D eigenvalue weighted by Crippen LogP contribution is 2.24. The van der Waals surface area contributed by atoms with E-state index in [-0.39, 0.29) is 0 Å². The van der Waals surface area contributed by atoms with Crippen LogP contribution in [0.5, 0.6) is 0 Å². The first-order valence-corrected chi connectivity index (χ1v) is 12.2. The summed E-state index contributed by atoms with van der Waals surface area (Å²) in [5, 5.41) is 0. The predicted octanol–water partition coefficient (Wildman–Crippen LogP) is 4.38. The van der Waals surface area contributed by atoms with E-state index in [1.807, 2.05) is 0 Å². The van der Waals surface area contributed by atoms with E-state index in [0.29, 0.717) is 0 Å². The van der Waals surface area contributed by atoms with Gasteiger partial charge in [0.25, 0.3) is 0 Å². The lowest BCUT2D eigenvalue weighted by molar-refractivity contribution is 1.15. The summed E-state index contributed by atoms with van der Waals surface area (Å²) in [5.41, 5.74) is 3.50. The van der Waals surface area contributed by atoms with Gasteiger partial charge in [0.05, 0.1) is 8.07 Å². The van der Waals surface area contributed by atoms with Crippen LogP contribution in [0.4, 0.5) is 0 Å². The van der Waals surface area contributed by atoms with Crippen molar-refractivity contribution in [2.75, 3.05) is 0 Å². The Kier molecular flexibility index (Phi) is 5.77. The molecule has 14 heavy (non-hydrogen) atoms. The minimum absolute atomic E-state index is 0.969. The molecule has 0 aliphatic carbocycles. The molecule has 0 saturated carbocycles. The Morgan fingerprint density at radius 1 is 0.857 bits per heavy atom. The molecule has 0 heterocycles. The molecule has 0 saturated heterocycles. The van der Waals surface area contributed by atoms with Crippen molar-refractivity contribution in [2.24, 2.45) is 0 Å². The molecule has 0 radical (unpaired) electrons. The van der Waals surface area contributed by atoms with E-state index in [1.54, 1.807) is 0 Å². The second-order valence-electron chi connectivity index (χ2n) is 5.29. The van der Waals surface area contributed by atoms with Crippen LogP contribution in [-0.4, -0.2) is 16.1 Å². The van der Waals surface area contributed by atoms with Crippen molar-refractivity contribution in [3.05, 3.63) is 0 Å². The van der Waals surface area contributed by atoms with Gasteiger partial charge in [0, 0.05) is 6.04 Å². The third-order valence-electron chi connectivity index (χ3n) is 3.18. The number of hydrogen-bond donors (Lipinski definition) is 0. The minimum Gasteiger partial charge on any atom is -0.132 e. The molecule has 0 rings (SSSR count). The van der Waals surface area contributed by atoms with Gasteiger partial charge in [-0.2, -0.15) is 0 Å². The Labute approximate surface area is 92.5 Å². The fraction of sp³-hybridized carbons (Fsp3) is 0.833. The summed E-state index contributed by atoms with van der Waals surface area (Å²) in [6.07, 6.45) is 0. The van der Waals surface area contributed by atoms with Gasteiger partial charge >= 0.3 is 0 Å². The van der Waals surface area contributed by atoms with Crippen LogP contribution in [-0.2, 0) is 0 Å². The zero-order valence-corrected chi connectivity index (χ0v) is 12.8. The van der Waals surface area contributed by atoms with Gasteiger partial charge in [-0.15, -0.1) is 11.5 Å². The van der Waals surface area contributed by atoms with Crippen LogP contribution in [0.1, 0.15) is 20.8 Å². The molecule has 0 aromatic heterocycles. The summed E-state index contributed by atoms with van der Waals surface area (Å²) in [6, 6.07) is 5.45. The second-order valence-corrected chi connectivity index (χ2v) is 15.5. The highest BCUT2D eigenvalue weighted by atomic mass is 28.3. The van der Waals surface area contributed by atoms with Gasteiger partial charge in [0.2, 0.25) is 0 Å². The lowest BCUT2D eigenvalue weighted by atomic mass is 10.8. The first-order valence-electron chi connectivity index (χ1n) is 5.89. The van der Waals surface area contributed by atoms with Crippen LogP contribution < -0.4 is 0 Å². The second kappa shape index (κ2) is 5.77. The first-order chi connectivity index (χ1) is 6.39.